The molecule has 0 bridgehead atoms. The molecule has 2 rings (SSSR count). The van der Waals surface area contributed by atoms with Crippen molar-refractivity contribution in [3.63, 3.8) is 0 Å². The van der Waals surface area contributed by atoms with Crippen molar-refractivity contribution in [2.24, 2.45) is 0 Å². The monoisotopic (exact) mass is 207 g/mol. The molecule has 0 amide bonds. The summed E-state index contributed by atoms with van der Waals surface area (Å²) < 4.78 is 0. The summed E-state index contributed by atoms with van der Waals surface area (Å²) in [7, 11) is 0. The number of benzene rings is 2. The lowest BCUT2D eigenvalue weighted by Gasteiger charge is -2.08. The lowest BCUT2D eigenvalue weighted by molar-refractivity contribution is 1.25. The maximum atomic E-state index is 8.83. The summed E-state index contributed by atoms with van der Waals surface area (Å²) in [4.78, 5) is 0. The lowest BCUT2D eigenvalue weighted by atomic mass is 9.96. The van der Waals surface area contributed by atoms with Crippen molar-refractivity contribution in [1.82, 2.24) is 0 Å². The van der Waals surface area contributed by atoms with Gasteiger partial charge in [0.05, 0.1) is 12.5 Å². The zero-order chi connectivity index (χ0) is 11.4. The first-order valence-corrected chi connectivity index (χ1v) is 5.33. The molecule has 0 N–H and O–H groups in total. The summed E-state index contributed by atoms with van der Waals surface area (Å²) >= 11 is 0. The number of hydrogen-bond acceptors (Lipinski definition) is 1. The minimum Gasteiger partial charge on any atom is -0.198 e. The molecule has 0 saturated carbocycles. The van der Waals surface area contributed by atoms with Crippen molar-refractivity contribution in [3.05, 3.63) is 59.7 Å². The molecule has 0 fully saturated rings. The van der Waals surface area contributed by atoms with Gasteiger partial charge < -0.3 is 0 Å². The first-order chi connectivity index (χ1) is 7.81. The van der Waals surface area contributed by atoms with Gasteiger partial charge in [0, 0.05) is 0 Å². The highest BCUT2D eigenvalue weighted by Gasteiger charge is 2.04. The SMILES string of the molecule is Cc1ccc(-c2ccccc2)c(CC#N)c1. The van der Waals surface area contributed by atoms with Gasteiger partial charge in [-0.3, -0.25) is 0 Å². The van der Waals surface area contributed by atoms with E-state index in [0.717, 1.165) is 11.1 Å². The van der Waals surface area contributed by atoms with Crippen molar-refractivity contribution in [2.45, 2.75) is 13.3 Å². The number of nitriles is 1. The average Bonchev–Trinajstić information content (AvgIpc) is 2.31. The van der Waals surface area contributed by atoms with Gasteiger partial charge in [0.2, 0.25) is 0 Å². The normalized spacial score (nSPS) is 9.75. The van der Waals surface area contributed by atoms with E-state index in [4.69, 9.17) is 5.26 Å². The fourth-order valence-electron chi connectivity index (χ4n) is 1.85. The maximum Gasteiger partial charge on any atom is 0.0669 e. The highest BCUT2D eigenvalue weighted by molar-refractivity contribution is 5.68. The fourth-order valence-corrected chi connectivity index (χ4v) is 1.85. The standard InChI is InChI=1S/C15H13N/c1-12-7-8-15(14(11-12)9-10-16)13-5-3-2-4-6-13/h2-8,11H,9H2,1H3. The van der Waals surface area contributed by atoms with Crippen LogP contribution in [0.3, 0.4) is 0 Å². The Morgan fingerprint density at radius 3 is 2.50 bits per heavy atom. The summed E-state index contributed by atoms with van der Waals surface area (Å²) in [5.41, 5.74) is 4.64. The van der Waals surface area contributed by atoms with Crippen LogP contribution in [0.5, 0.6) is 0 Å². The van der Waals surface area contributed by atoms with E-state index in [2.05, 4.69) is 43.3 Å². The van der Waals surface area contributed by atoms with Crippen LogP contribution in [-0.2, 0) is 6.42 Å². The van der Waals surface area contributed by atoms with Crippen LogP contribution in [0.1, 0.15) is 11.1 Å². The third kappa shape index (κ3) is 2.12. The van der Waals surface area contributed by atoms with Crippen molar-refractivity contribution in [3.8, 4) is 17.2 Å². The largest absolute Gasteiger partial charge is 0.198 e. The Bertz CT molecular complexity index is 521. The molecule has 0 aliphatic heterocycles. The van der Waals surface area contributed by atoms with Gasteiger partial charge in [-0.25, -0.2) is 0 Å². The lowest BCUT2D eigenvalue weighted by Crippen LogP contribution is -1.89. The fraction of sp³-hybridized carbons (Fsp3) is 0.133. The Balaban J connectivity index is 2.53. The molecular formula is C15H13N. The van der Waals surface area contributed by atoms with Gasteiger partial charge in [0.15, 0.2) is 0 Å². The first kappa shape index (κ1) is 10.4. The Kier molecular flexibility index (Phi) is 3.03. The molecule has 0 aliphatic carbocycles. The summed E-state index contributed by atoms with van der Waals surface area (Å²) in [6, 6.07) is 18.7. The van der Waals surface area contributed by atoms with Crippen molar-refractivity contribution in [2.75, 3.05) is 0 Å². The third-order valence-corrected chi connectivity index (χ3v) is 2.62. The predicted octanol–water partition coefficient (Wildman–Crippen LogP) is 3.73. The molecule has 0 saturated heterocycles. The highest BCUT2D eigenvalue weighted by atomic mass is 14.2. The topological polar surface area (TPSA) is 23.8 Å². The third-order valence-electron chi connectivity index (χ3n) is 2.62. The number of hydrogen-bond donors (Lipinski definition) is 0. The summed E-state index contributed by atoms with van der Waals surface area (Å²) in [5, 5.41) is 8.83. The molecule has 78 valence electrons. The Morgan fingerprint density at radius 2 is 1.81 bits per heavy atom. The minimum atomic E-state index is 0.464. The zero-order valence-electron chi connectivity index (χ0n) is 9.27. The van der Waals surface area contributed by atoms with Crippen LogP contribution in [0.25, 0.3) is 11.1 Å². The van der Waals surface area contributed by atoms with E-state index >= 15 is 0 Å². The Labute approximate surface area is 96.0 Å². The van der Waals surface area contributed by atoms with Gasteiger partial charge >= 0.3 is 0 Å². The summed E-state index contributed by atoms with van der Waals surface area (Å²) in [5.74, 6) is 0. The molecule has 0 radical (unpaired) electrons. The summed E-state index contributed by atoms with van der Waals surface area (Å²) in [6.07, 6.45) is 0.464. The number of rotatable bonds is 2. The Morgan fingerprint density at radius 1 is 1.06 bits per heavy atom. The average molecular weight is 207 g/mol. The molecule has 0 spiro atoms. The second kappa shape index (κ2) is 4.63. The summed E-state index contributed by atoms with van der Waals surface area (Å²) in [6.45, 7) is 2.05. The Hall–Kier alpha value is -2.07. The molecular weight excluding hydrogens is 194 g/mol. The predicted molar refractivity (Wildman–Crippen MR) is 65.9 cm³/mol. The van der Waals surface area contributed by atoms with Crippen LogP contribution < -0.4 is 0 Å². The van der Waals surface area contributed by atoms with Gasteiger partial charge in [-0.15, -0.1) is 0 Å². The molecule has 0 aliphatic rings. The molecule has 2 aromatic carbocycles. The van der Waals surface area contributed by atoms with Gasteiger partial charge in [-0.05, 0) is 23.6 Å². The molecule has 2 aromatic rings. The molecule has 0 heterocycles. The quantitative estimate of drug-likeness (QED) is 0.736. The van der Waals surface area contributed by atoms with Gasteiger partial charge in [0.25, 0.3) is 0 Å². The van der Waals surface area contributed by atoms with Crippen LogP contribution in [0.15, 0.2) is 48.5 Å². The second-order valence-electron chi connectivity index (χ2n) is 3.86. The molecule has 0 atom stereocenters. The smallest absolute Gasteiger partial charge is 0.0669 e. The van der Waals surface area contributed by atoms with Gasteiger partial charge in [0.1, 0.15) is 0 Å². The molecule has 0 unspecified atom stereocenters. The van der Waals surface area contributed by atoms with E-state index < -0.39 is 0 Å². The minimum absolute atomic E-state index is 0.464. The number of nitrogens with zero attached hydrogens (tertiary/aromatic N) is 1. The van der Waals surface area contributed by atoms with Crippen molar-refractivity contribution in [1.29, 1.82) is 5.26 Å². The van der Waals surface area contributed by atoms with Gasteiger partial charge in [-0.2, -0.15) is 5.26 Å². The van der Waals surface area contributed by atoms with Crippen LogP contribution in [0, 0.1) is 18.3 Å². The maximum absolute atomic E-state index is 8.83. The first-order valence-electron chi connectivity index (χ1n) is 5.33. The van der Waals surface area contributed by atoms with Crippen LogP contribution in [-0.4, -0.2) is 0 Å². The number of aryl methyl sites for hydroxylation is 1. The van der Waals surface area contributed by atoms with Crippen molar-refractivity contribution < 1.29 is 0 Å². The molecule has 0 aromatic heterocycles. The second-order valence-corrected chi connectivity index (χ2v) is 3.86. The van der Waals surface area contributed by atoms with E-state index in [-0.39, 0.29) is 0 Å². The van der Waals surface area contributed by atoms with Crippen LogP contribution >= 0.6 is 0 Å². The van der Waals surface area contributed by atoms with E-state index in [9.17, 15) is 0 Å². The van der Waals surface area contributed by atoms with E-state index in [1.54, 1.807) is 0 Å². The van der Waals surface area contributed by atoms with Crippen LogP contribution in [0.4, 0.5) is 0 Å². The zero-order valence-corrected chi connectivity index (χ0v) is 9.27. The van der Waals surface area contributed by atoms with Crippen molar-refractivity contribution >= 4 is 0 Å². The highest BCUT2D eigenvalue weighted by Crippen LogP contribution is 2.24. The molecule has 1 nitrogen and oxygen atoms in total. The molecule has 1 heteroatoms. The van der Waals surface area contributed by atoms with E-state index in [1.807, 2.05) is 18.2 Å². The van der Waals surface area contributed by atoms with E-state index in [0.29, 0.717) is 6.42 Å². The van der Waals surface area contributed by atoms with Gasteiger partial charge in [-0.1, -0.05) is 54.1 Å². The van der Waals surface area contributed by atoms with E-state index in [1.165, 1.54) is 11.1 Å². The molecule has 16 heavy (non-hydrogen) atoms. The van der Waals surface area contributed by atoms with Crippen LogP contribution in [0.2, 0.25) is 0 Å².